The number of rotatable bonds is 2. The van der Waals surface area contributed by atoms with Gasteiger partial charge >= 0.3 is 5.97 Å². The molecule has 1 N–H and O–H groups in total. The maximum atomic E-state index is 10.8. The fourth-order valence-electron chi connectivity index (χ4n) is 1.45. The minimum atomic E-state index is -0.849. The van der Waals surface area contributed by atoms with E-state index in [0.29, 0.717) is 5.69 Å². The van der Waals surface area contributed by atoms with Gasteiger partial charge in [0.25, 0.3) is 0 Å². The van der Waals surface area contributed by atoms with Crippen molar-refractivity contribution in [2.75, 3.05) is 0 Å². The molecule has 76 valence electrons. The molecule has 0 spiro atoms. The van der Waals surface area contributed by atoms with Crippen LogP contribution in [0.1, 0.15) is 18.5 Å². The summed E-state index contributed by atoms with van der Waals surface area (Å²) in [5, 5.41) is 9.89. The molecule has 2 aromatic rings. The van der Waals surface area contributed by atoms with Crippen molar-refractivity contribution in [3.05, 3.63) is 42.1 Å². The van der Waals surface area contributed by atoms with E-state index < -0.39 is 11.9 Å². The second-order valence-electron chi connectivity index (χ2n) is 3.49. The Bertz CT molecular complexity index is 508. The normalized spacial score (nSPS) is 12.6. The molecule has 0 radical (unpaired) electrons. The topological polar surface area (TPSA) is 50.2 Å². The molecular formula is C12H11NO2. The van der Waals surface area contributed by atoms with Crippen LogP contribution in [0, 0.1) is 0 Å². The predicted molar refractivity (Wildman–Crippen MR) is 57.8 cm³/mol. The Kier molecular flexibility index (Phi) is 2.37. The van der Waals surface area contributed by atoms with Crippen LogP contribution in [0.5, 0.6) is 0 Å². The molecule has 3 nitrogen and oxygen atoms in total. The van der Waals surface area contributed by atoms with Crippen molar-refractivity contribution in [1.29, 1.82) is 0 Å². The monoisotopic (exact) mass is 201 g/mol. The Hall–Kier alpha value is -1.90. The van der Waals surface area contributed by atoms with Crippen molar-refractivity contribution < 1.29 is 9.90 Å². The van der Waals surface area contributed by atoms with Gasteiger partial charge in [0.05, 0.1) is 17.1 Å². The highest BCUT2D eigenvalue weighted by Gasteiger charge is 2.14. The largest absolute Gasteiger partial charge is 0.481 e. The van der Waals surface area contributed by atoms with Crippen molar-refractivity contribution in [1.82, 2.24) is 4.98 Å². The summed E-state index contributed by atoms with van der Waals surface area (Å²) in [6.45, 7) is 1.64. The molecule has 0 amide bonds. The van der Waals surface area contributed by atoms with E-state index in [1.165, 1.54) is 0 Å². The van der Waals surface area contributed by atoms with Crippen LogP contribution in [0.2, 0.25) is 0 Å². The van der Waals surface area contributed by atoms with Crippen LogP contribution in [0.25, 0.3) is 10.9 Å². The molecule has 1 aromatic carbocycles. The van der Waals surface area contributed by atoms with Crippen LogP contribution < -0.4 is 0 Å². The van der Waals surface area contributed by atoms with E-state index >= 15 is 0 Å². The molecule has 1 atom stereocenters. The molecule has 0 aliphatic carbocycles. The van der Waals surface area contributed by atoms with Gasteiger partial charge in [-0.05, 0) is 19.1 Å². The number of carbonyl (C=O) groups is 1. The van der Waals surface area contributed by atoms with Crippen LogP contribution in [0.15, 0.2) is 36.4 Å². The summed E-state index contributed by atoms with van der Waals surface area (Å²) in [6.07, 6.45) is 0. The van der Waals surface area contributed by atoms with E-state index in [0.717, 1.165) is 10.9 Å². The number of aliphatic carboxylic acids is 1. The van der Waals surface area contributed by atoms with Crippen LogP contribution in [0.3, 0.4) is 0 Å². The second-order valence-corrected chi connectivity index (χ2v) is 3.49. The number of hydrogen-bond donors (Lipinski definition) is 1. The second kappa shape index (κ2) is 3.69. The summed E-state index contributed by atoms with van der Waals surface area (Å²) < 4.78 is 0. The van der Waals surface area contributed by atoms with E-state index in [4.69, 9.17) is 5.11 Å². The zero-order chi connectivity index (χ0) is 10.8. The quantitative estimate of drug-likeness (QED) is 0.811. The van der Waals surface area contributed by atoms with Gasteiger partial charge in [-0.3, -0.25) is 9.78 Å². The lowest BCUT2D eigenvalue weighted by atomic mass is 10.1. The molecule has 2 rings (SSSR count). The van der Waals surface area contributed by atoms with Crippen LogP contribution in [0.4, 0.5) is 0 Å². The van der Waals surface area contributed by atoms with E-state index in [-0.39, 0.29) is 0 Å². The highest BCUT2D eigenvalue weighted by molar-refractivity contribution is 5.80. The minimum absolute atomic E-state index is 0.561. The third-order valence-corrected chi connectivity index (χ3v) is 2.43. The Morgan fingerprint density at radius 1 is 1.27 bits per heavy atom. The Morgan fingerprint density at radius 2 is 2.00 bits per heavy atom. The van der Waals surface area contributed by atoms with Gasteiger partial charge in [0.2, 0.25) is 0 Å². The lowest BCUT2D eigenvalue weighted by Gasteiger charge is -2.06. The maximum absolute atomic E-state index is 10.8. The molecule has 1 aromatic heterocycles. The zero-order valence-electron chi connectivity index (χ0n) is 8.34. The predicted octanol–water partition coefficient (Wildman–Crippen LogP) is 2.42. The molecule has 0 saturated heterocycles. The Morgan fingerprint density at radius 3 is 2.73 bits per heavy atom. The first-order valence-electron chi connectivity index (χ1n) is 4.77. The Balaban J connectivity index is 2.51. The average molecular weight is 201 g/mol. The van der Waals surface area contributed by atoms with Crippen molar-refractivity contribution in [3.8, 4) is 0 Å². The number of carboxylic acid groups (broad SMARTS) is 1. The number of nitrogens with zero attached hydrogens (tertiary/aromatic N) is 1. The number of para-hydroxylation sites is 1. The summed E-state index contributed by atoms with van der Waals surface area (Å²) in [4.78, 5) is 15.1. The fourth-order valence-corrected chi connectivity index (χ4v) is 1.45. The minimum Gasteiger partial charge on any atom is -0.481 e. The van der Waals surface area contributed by atoms with E-state index in [2.05, 4.69) is 4.98 Å². The van der Waals surface area contributed by atoms with Crippen molar-refractivity contribution in [2.45, 2.75) is 12.8 Å². The van der Waals surface area contributed by atoms with Crippen molar-refractivity contribution in [3.63, 3.8) is 0 Å². The molecule has 0 saturated carbocycles. The van der Waals surface area contributed by atoms with Gasteiger partial charge in [0, 0.05) is 5.39 Å². The van der Waals surface area contributed by atoms with Gasteiger partial charge in [-0.15, -0.1) is 0 Å². The number of hydrogen-bond acceptors (Lipinski definition) is 2. The van der Waals surface area contributed by atoms with E-state index in [1.54, 1.807) is 13.0 Å². The number of aromatic nitrogens is 1. The summed E-state index contributed by atoms with van der Waals surface area (Å²) in [7, 11) is 0. The smallest absolute Gasteiger partial charge is 0.312 e. The van der Waals surface area contributed by atoms with Gasteiger partial charge < -0.3 is 5.11 Å². The molecule has 0 unspecified atom stereocenters. The average Bonchev–Trinajstić information content (AvgIpc) is 2.27. The van der Waals surface area contributed by atoms with Crippen LogP contribution >= 0.6 is 0 Å². The SMILES string of the molecule is C[C@H](C(=O)O)c1ccc2ccccc2n1. The number of benzene rings is 1. The molecule has 3 heteroatoms. The first-order chi connectivity index (χ1) is 7.18. The number of pyridine rings is 1. The molecule has 0 bridgehead atoms. The van der Waals surface area contributed by atoms with Gasteiger partial charge in [0.15, 0.2) is 0 Å². The third-order valence-electron chi connectivity index (χ3n) is 2.43. The summed E-state index contributed by atoms with van der Waals surface area (Å²) in [5.41, 5.74) is 1.43. The molecular weight excluding hydrogens is 190 g/mol. The summed E-state index contributed by atoms with van der Waals surface area (Å²) >= 11 is 0. The first kappa shape index (κ1) is 9.65. The van der Waals surface area contributed by atoms with E-state index in [1.807, 2.05) is 30.3 Å². The van der Waals surface area contributed by atoms with Gasteiger partial charge in [-0.25, -0.2) is 0 Å². The summed E-state index contributed by atoms with van der Waals surface area (Å²) in [6, 6.07) is 11.3. The molecule has 0 aliphatic heterocycles. The highest BCUT2D eigenvalue weighted by atomic mass is 16.4. The number of carboxylic acids is 1. The highest BCUT2D eigenvalue weighted by Crippen LogP contribution is 2.17. The lowest BCUT2D eigenvalue weighted by Crippen LogP contribution is -2.08. The van der Waals surface area contributed by atoms with Gasteiger partial charge in [-0.2, -0.15) is 0 Å². The molecule has 0 aliphatic rings. The van der Waals surface area contributed by atoms with Crippen LogP contribution in [-0.4, -0.2) is 16.1 Å². The number of fused-ring (bicyclic) bond motifs is 1. The standard InChI is InChI=1S/C12H11NO2/c1-8(12(14)15)10-7-6-9-4-2-3-5-11(9)13-10/h2-8H,1H3,(H,14,15)/t8-/m0/s1. The first-order valence-corrected chi connectivity index (χ1v) is 4.77. The zero-order valence-corrected chi connectivity index (χ0v) is 8.34. The van der Waals surface area contributed by atoms with Crippen LogP contribution in [-0.2, 0) is 4.79 Å². The maximum Gasteiger partial charge on any atom is 0.312 e. The fraction of sp³-hybridized carbons (Fsp3) is 0.167. The lowest BCUT2D eigenvalue weighted by molar-refractivity contribution is -0.138. The molecule has 15 heavy (non-hydrogen) atoms. The van der Waals surface area contributed by atoms with E-state index in [9.17, 15) is 4.79 Å². The van der Waals surface area contributed by atoms with Crippen molar-refractivity contribution in [2.24, 2.45) is 0 Å². The van der Waals surface area contributed by atoms with Gasteiger partial charge in [-0.1, -0.05) is 24.3 Å². The summed E-state index contributed by atoms with van der Waals surface area (Å²) in [5.74, 6) is -1.41. The molecule has 1 heterocycles. The Labute approximate surface area is 87.4 Å². The van der Waals surface area contributed by atoms with Gasteiger partial charge in [0.1, 0.15) is 0 Å². The third kappa shape index (κ3) is 1.81. The molecule has 0 fully saturated rings. The van der Waals surface area contributed by atoms with Crippen molar-refractivity contribution >= 4 is 16.9 Å².